The van der Waals surface area contributed by atoms with Crippen LogP contribution in [0.1, 0.15) is 30.5 Å². The summed E-state index contributed by atoms with van der Waals surface area (Å²) in [4.78, 5) is 4.07. The normalized spacial score (nSPS) is 12.4. The zero-order valence-corrected chi connectivity index (χ0v) is 13.0. The molecular formula is C15H16Cl2FN3. The molecule has 0 bridgehead atoms. The number of hydrogen-bond donors (Lipinski definition) is 2. The number of nitrogens with two attached hydrogens (primary N) is 1. The molecule has 21 heavy (non-hydrogen) atoms. The maximum atomic E-state index is 13.3. The van der Waals surface area contributed by atoms with Crippen LogP contribution in [-0.4, -0.2) is 11.5 Å². The predicted molar refractivity (Wildman–Crippen MR) is 85.2 cm³/mol. The van der Waals surface area contributed by atoms with E-state index >= 15 is 0 Å². The highest BCUT2D eigenvalue weighted by molar-refractivity contribution is 6.31. The van der Waals surface area contributed by atoms with Crippen molar-refractivity contribution in [3.63, 3.8) is 0 Å². The molecule has 1 heterocycles. The van der Waals surface area contributed by atoms with Gasteiger partial charge in [0.05, 0.1) is 16.1 Å². The van der Waals surface area contributed by atoms with Gasteiger partial charge in [-0.15, -0.1) is 0 Å². The van der Waals surface area contributed by atoms with Crippen LogP contribution in [0.5, 0.6) is 0 Å². The van der Waals surface area contributed by atoms with Crippen molar-refractivity contribution < 1.29 is 4.39 Å². The number of pyridine rings is 1. The summed E-state index contributed by atoms with van der Waals surface area (Å²) in [6, 6.07) is 6.12. The van der Waals surface area contributed by atoms with Gasteiger partial charge in [-0.25, -0.2) is 9.37 Å². The third kappa shape index (κ3) is 3.84. The Bertz CT molecular complexity index is 634. The number of nitrogen functional groups attached to an aromatic ring is 1. The minimum Gasteiger partial charge on any atom is -0.383 e. The first-order chi connectivity index (χ1) is 10.0. The highest BCUT2D eigenvalue weighted by atomic mass is 35.5. The quantitative estimate of drug-likeness (QED) is 0.865. The molecule has 0 radical (unpaired) electrons. The maximum Gasteiger partial charge on any atom is 0.141 e. The molecule has 1 aromatic carbocycles. The average Bonchev–Trinajstić information content (AvgIpc) is 2.46. The molecule has 0 aliphatic carbocycles. The fraction of sp³-hybridized carbons (Fsp3) is 0.267. The van der Waals surface area contributed by atoms with Crippen LogP contribution in [0.25, 0.3) is 0 Å². The van der Waals surface area contributed by atoms with E-state index in [4.69, 9.17) is 28.9 Å². The summed E-state index contributed by atoms with van der Waals surface area (Å²) < 4.78 is 13.3. The zero-order valence-electron chi connectivity index (χ0n) is 11.5. The molecule has 3 N–H and O–H groups in total. The molecule has 0 aliphatic rings. The minimum absolute atomic E-state index is 0.0735. The smallest absolute Gasteiger partial charge is 0.141 e. The molecule has 6 heteroatoms. The van der Waals surface area contributed by atoms with E-state index in [-0.39, 0.29) is 11.1 Å². The van der Waals surface area contributed by atoms with Gasteiger partial charge in [0.2, 0.25) is 0 Å². The molecule has 0 fully saturated rings. The molecule has 0 amide bonds. The molecule has 0 saturated carbocycles. The molecule has 1 unspecified atom stereocenters. The van der Waals surface area contributed by atoms with Crippen LogP contribution in [-0.2, 0) is 0 Å². The van der Waals surface area contributed by atoms with Crippen molar-refractivity contribution in [2.75, 3.05) is 12.3 Å². The predicted octanol–water partition coefficient (Wildman–Crippen LogP) is 4.20. The van der Waals surface area contributed by atoms with Crippen molar-refractivity contribution in [1.82, 2.24) is 10.3 Å². The zero-order chi connectivity index (χ0) is 15.4. The first-order valence-corrected chi connectivity index (χ1v) is 7.37. The number of anilines is 1. The van der Waals surface area contributed by atoms with Gasteiger partial charge in [0.1, 0.15) is 11.6 Å². The Kier molecular flexibility index (Phi) is 5.39. The molecule has 1 aromatic heterocycles. The first-order valence-electron chi connectivity index (χ1n) is 6.62. The monoisotopic (exact) mass is 327 g/mol. The molecule has 0 spiro atoms. The Labute approximate surface area is 133 Å². The average molecular weight is 328 g/mol. The number of nitrogens with zero attached hydrogens (tertiary/aromatic N) is 1. The number of benzene rings is 1. The number of nitrogens with one attached hydrogen (secondary N) is 1. The second-order valence-electron chi connectivity index (χ2n) is 4.69. The van der Waals surface area contributed by atoms with Crippen LogP contribution < -0.4 is 11.1 Å². The summed E-state index contributed by atoms with van der Waals surface area (Å²) in [5.74, 6) is -0.0692. The van der Waals surface area contributed by atoms with Crippen molar-refractivity contribution >= 4 is 29.0 Å². The lowest BCUT2D eigenvalue weighted by Crippen LogP contribution is -2.24. The lowest BCUT2D eigenvalue weighted by Gasteiger charge is -2.21. The summed E-state index contributed by atoms with van der Waals surface area (Å²) in [5.41, 5.74) is 7.51. The highest BCUT2D eigenvalue weighted by Gasteiger charge is 2.18. The van der Waals surface area contributed by atoms with Crippen LogP contribution in [0.2, 0.25) is 10.0 Å². The van der Waals surface area contributed by atoms with E-state index in [9.17, 15) is 4.39 Å². The number of aromatic nitrogens is 1. The largest absolute Gasteiger partial charge is 0.383 e. The SMILES string of the molecule is CCCNC(c1ccc(F)c(Cl)c1)c1cc(Cl)cnc1N. The summed E-state index contributed by atoms with van der Waals surface area (Å²) in [6.45, 7) is 2.83. The Balaban J connectivity index is 2.46. The highest BCUT2D eigenvalue weighted by Crippen LogP contribution is 2.30. The number of rotatable bonds is 5. The third-order valence-corrected chi connectivity index (χ3v) is 3.60. The van der Waals surface area contributed by atoms with Crippen molar-refractivity contribution in [3.8, 4) is 0 Å². The van der Waals surface area contributed by atoms with Crippen molar-refractivity contribution in [2.24, 2.45) is 0 Å². The van der Waals surface area contributed by atoms with E-state index < -0.39 is 5.82 Å². The van der Waals surface area contributed by atoms with Crippen molar-refractivity contribution in [1.29, 1.82) is 0 Å². The van der Waals surface area contributed by atoms with Crippen LogP contribution in [0, 0.1) is 5.82 Å². The fourth-order valence-electron chi connectivity index (χ4n) is 2.08. The Morgan fingerprint density at radius 1 is 1.33 bits per heavy atom. The Morgan fingerprint density at radius 3 is 2.76 bits per heavy atom. The van der Waals surface area contributed by atoms with E-state index in [0.717, 1.165) is 24.1 Å². The van der Waals surface area contributed by atoms with E-state index in [1.165, 1.54) is 12.3 Å². The van der Waals surface area contributed by atoms with Gasteiger partial charge in [-0.2, -0.15) is 0 Å². The molecule has 3 nitrogen and oxygen atoms in total. The summed E-state index contributed by atoms with van der Waals surface area (Å²) >= 11 is 11.9. The second-order valence-corrected chi connectivity index (χ2v) is 5.53. The topological polar surface area (TPSA) is 50.9 Å². The van der Waals surface area contributed by atoms with E-state index in [1.807, 2.05) is 0 Å². The van der Waals surface area contributed by atoms with Crippen LogP contribution in [0.3, 0.4) is 0 Å². The van der Waals surface area contributed by atoms with Gasteiger partial charge in [-0.3, -0.25) is 0 Å². The van der Waals surface area contributed by atoms with Gasteiger partial charge in [0.15, 0.2) is 0 Å². The van der Waals surface area contributed by atoms with E-state index in [2.05, 4.69) is 17.2 Å². The molecule has 1 atom stereocenters. The molecule has 2 aromatic rings. The van der Waals surface area contributed by atoms with E-state index in [1.54, 1.807) is 18.2 Å². The minimum atomic E-state index is -0.452. The number of halogens is 3. The van der Waals surface area contributed by atoms with Gasteiger partial charge >= 0.3 is 0 Å². The lowest BCUT2D eigenvalue weighted by atomic mass is 9.99. The fourth-order valence-corrected chi connectivity index (χ4v) is 2.44. The van der Waals surface area contributed by atoms with Crippen LogP contribution >= 0.6 is 23.2 Å². The van der Waals surface area contributed by atoms with Crippen LogP contribution in [0.15, 0.2) is 30.5 Å². The lowest BCUT2D eigenvalue weighted by molar-refractivity contribution is 0.593. The maximum absolute atomic E-state index is 13.3. The summed E-state index contributed by atoms with van der Waals surface area (Å²) in [6.07, 6.45) is 2.44. The van der Waals surface area contributed by atoms with Gasteiger partial charge in [-0.1, -0.05) is 36.2 Å². The Hall–Kier alpha value is -1.36. The van der Waals surface area contributed by atoms with Crippen molar-refractivity contribution in [2.45, 2.75) is 19.4 Å². The third-order valence-electron chi connectivity index (χ3n) is 3.10. The first kappa shape index (κ1) is 16.0. The standard InChI is InChI=1S/C15H16Cl2FN3/c1-2-5-20-14(9-3-4-13(18)12(17)6-9)11-7-10(16)8-21-15(11)19/h3-4,6-8,14,20H,2,5H2,1H3,(H2,19,21). The van der Waals surface area contributed by atoms with Gasteiger partial charge in [-0.05, 0) is 36.7 Å². The second kappa shape index (κ2) is 7.07. The number of hydrogen-bond acceptors (Lipinski definition) is 3. The molecule has 2 rings (SSSR count). The van der Waals surface area contributed by atoms with E-state index in [0.29, 0.717) is 10.8 Å². The van der Waals surface area contributed by atoms with Crippen LogP contribution in [0.4, 0.5) is 10.2 Å². The summed E-state index contributed by atoms with van der Waals surface area (Å²) in [7, 11) is 0. The van der Waals surface area contributed by atoms with Gasteiger partial charge in [0.25, 0.3) is 0 Å². The molecular weight excluding hydrogens is 312 g/mol. The van der Waals surface area contributed by atoms with Crippen molar-refractivity contribution in [3.05, 3.63) is 57.5 Å². The molecule has 0 aliphatic heterocycles. The summed E-state index contributed by atoms with van der Waals surface area (Å²) in [5, 5.41) is 3.93. The molecule has 112 valence electrons. The van der Waals surface area contributed by atoms with Gasteiger partial charge < -0.3 is 11.1 Å². The molecule has 0 saturated heterocycles. The Morgan fingerprint density at radius 2 is 2.10 bits per heavy atom. The van der Waals surface area contributed by atoms with Gasteiger partial charge in [0, 0.05) is 11.8 Å².